The molecule has 2 rings (SSSR count). The average Bonchev–Trinajstić information content (AvgIpc) is 2.49. The number of nitrogens with one attached hydrogen (secondary N) is 1. The Morgan fingerprint density at radius 1 is 1.30 bits per heavy atom. The van der Waals surface area contributed by atoms with Crippen LogP contribution in [0.5, 0.6) is 0 Å². The highest BCUT2D eigenvalue weighted by Gasteiger charge is 2.21. The van der Waals surface area contributed by atoms with Crippen LogP contribution in [0.1, 0.15) is 37.3 Å². The van der Waals surface area contributed by atoms with Gasteiger partial charge in [0, 0.05) is 26.1 Å². The molecule has 1 heterocycles. The number of carbonyl (C=O) groups is 1. The molecular weight excluding hydrogens is 312 g/mol. The Hall–Kier alpha value is -1.40. The average molecular weight is 338 g/mol. The number of rotatable bonds is 5. The van der Waals surface area contributed by atoms with Gasteiger partial charge in [-0.15, -0.1) is 0 Å². The summed E-state index contributed by atoms with van der Waals surface area (Å²) in [6.07, 6.45) is 2.39. The zero-order valence-electron chi connectivity index (χ0n) is 14.1. The Morgan fingerprint density at radius 2 is 2.04 bits per heavy atom. The van der Waals surface area contributed by atoms with Crippen molar-refractivity contribution in [2.45, 2.75) is 44.9 Å². The molecule has 23 heavy (non-hydrogen) atoms. The van der Waals surface area contributed by atoms with E-state index in [1.54, 1.807) is 18.2 Å². The highest BCUT2D eigenvalue weighted by molar-refractivity contribution is 7.89. The lowest BCUT2D eigenvalue weighted by molar-refractivity contribution is -0.132. The van der Waals surface area contributed by atoms with Gasteiger partial charge >= 0.3 is 0 Å². The quantitative estimate of drug-likeness (QED) is 0.895. The van der Waals surface area contributed by atoms with E-state index >= 15 is 0 Å². The molecule has 0 radical (unpaired) electrons. The van der Waals surface area contributed by atoms with Gasteiger partial charge in [0.05, 0.1) is 4.90 Å². The first-order valence-corrected chi connectivity index (χ1v) is 9.62. The summed E-state index contributed by atoms with van der Waals surface area (Å²) in [5, 5.41) is 0. The molecule has 1 atom stereocenters. The van der Waals surface area contributed by atoms with Gasteiger partial charge < -0.3 is 4.90 Å². The second-order valence-corrected chi connectivity index (χ2v) is 8.25. The number of amides is 1. The van der Waals surface area contributed by atoms with Gasteiger partial charge in [-0.25, -0.2) is 13.1 Å². The summed E-state index contributed by atoms with van der Waals surface area (Å²) < 4.78 is 27.1. The fourth-order valence-corrected chi connectivity index (χ4v) is 3.95. The normalized spacial score (nSPS) is 18.9. The molecule has 6 heteroatoms. The van der Waals surface area contributed by atoms with E-state index in [4.69, 9.17) is 0 Å². The molecule has 1 saturated heterocycles. The largest absolute Gasteiger partial charge is 0.342 e. The molecule has 128 valence electrons. The van der Waals surface area contributed by atoms with Gasteiger partial charge in [0.15, 0.2) is 0 Å². The van der Waals surface area contributed by atoms with Crippen molar-refractivity contribution in [2.75, 3.05) is 19.6 Å². The number of likely N-dealkylation sites (tertiary alicyclic amines) is 1. The third-order valence-corrected chi connectivity index (χ3v) is 5.89. The van der Waals surface area contributed by atoms with Gasteiger partial charge in [-0.05, 0) is 55.9 Å². The Morgan fingerprint density at radius 3 is 2.70 bits per heavy atom. The number of carbonyl (C=O) groups excluding carboxylic acids is 1. The van der Waals surface area contributed by atoms with E-state index in [0.717, 1.165) is 37.1 Å². The van der Waals surface area contributed by atoms with Crippen molar-refractivity contribution >= 4 is 15.9 Å². The summed E-state index contributed by atoms with van der Waals surface area (Å²) >= 11 is 0. The highest BCUT2D eigenvalue weighted by Crippen LogP contribution is 2.17. The van der Waals surface area contributed by atoms with E-state index in [-0.39, 0.29) is 23.8 Å². The van der Waals surface area contributed by atoms with Crippen molar-refractivity contribution < 1.29 is 13.2 Å². The Labute approximate surface area is 139 Å². The van der Waals surface area contributed by atoms with Gasteiger partial charge in [-0.1, -0.05) is 13.0 Å². The van der Waals surface area contributed by atoms with Crippen LogP contribution in [-0.2, 0) is 14.8 Å². The number of sulfonamides is 1. The van der Waals surface area contributed by atoms with E-state index in [1.165, 1.54) is 0 Å². The number of nitrogens with zero attached hydrogens (tertiary/aromatic N) is 1. The Bertz CT molecular complexity index is 670. The zero-order chi connectivity index (χ0) is 17.0. The summed E-state index contributed by atoms with van der Waals surface area (Å²) in [6.45, 7) is 7.67. The molecule has 1 amide bonds. The minimum Gasteiger partial charge on any atom is -0.342 e. The first-order chi connectivity index (χ1) is 10.8. The predicted octanol–water partition coefficient (Wildman–Crippen LogP) is 2.23. The maximum absolute atomic E-state index is 12.3. The second kappa shape index (κ2) is 7.45. The minimum atomic E-state index is -3.56. The van der Waals surface area contributed by atoms with Crippen LogP contribution in [0.15, 0.2) is 23.1 Å². The van der Waals surface area contributed by atoms with Crippen LogP contribution < -0.4 is 4.72 Å². The molecule has 0 saturated carbocycles. The van der Waals surface area contributed by atoms with E-state index in [2.05, 4.69) is 11.6 Å². The summed E-state index contributed by atoms with van der Waals surface area (Å²) in [6, 6.07) is 5.05. The van der Waals surface area contributed by atoms with Crippen molar-refractivity contribution in [1.82, 2.24) is 9.62 Å². The monoisotopic (exact) mass is 338 g/mol. The van der Waals surface area contributed by atoms with Crippen LogP contribution >= 0.6 is 0 Å². The van der Waals surface area contributed by atoms with Gasteiger partial charge in [0.1, 0.15) is 0 Å². The summed E-state index contributed by atoms with van der Waals surface area (Å²) in [7, 11) is -3.56. The van der Waals surface area contributed by atoms with Crippen molar-refractivity contribution in [2.24, 2.45) is 5.92 Å². The lowest BCUT2D eigenvalue weighted by Gasteiger charge is -2.31. The lowest BCUT2D eigenvalue weighted by atomic mass is 10.0. The van der Waals surface area contributed by atoms with Crippen LogP contribution in [-0.4, -0.2) is 38.9 Å². The summed E-state index contributed by atoms with van der Waals surface area (Å²) in [4.78, 5) is 14.3. The number of benzene rings is 1. The summed E-state index contributed by atoms with van der Waals surface area (Å²) in [5.74, 6) is 0.555. The smallest absolute Gasteiger partial charge is 0.240 e. The molecule has 0 bridgehead atoms. The molecule has 1 fully saturated rings. The molecular formula is C17H26N2O3S. The van der Waals surface area contributed by atoms with Crippen LogP contribution in [0.3, 0.4) is 0 Å². The molecule has 1 unspecified atom stereocenters. The molecule has 0 aromatic heterocycles. The van der Waals surface area contributed by atoms with Crippen molar-refractivity contribution in [3.05, 3.63) is 29.3 Å². The predicted molar refractivity (Wildman–Crippen MR) is 90.7 cm³/mol. The number of hydrogen-bond acceptors (Lipinski definition) is 3. The topological polar surface area (TPSA) is 66.5 Å². The standard InChI is InChI=1S/C17H26N2O3S/c1-13-5-4-10-19(12-13)17(20)8-9-18-23(21,22)16-7-6-14(2)15(3)11-16/h6-7,11,13,18H,4-5,8-10,12H2,1-3H3. The first kappa shape index (κ1) is 17.9. The number of aryl methyl sites for hydroxylation is 2. The number of hydrogen-bond donors (Lipinski definition) is 1. The van der Waals surface area contributed by atoms with Crippen molar-refractivity contribution in [3.8, 4) is 0 Å². The van der Waals surface area contributed by atoms with E-state index in [0.29, 0.717) is 5.92 Å². The number of piperidine rings is 1. The maximum Gasteiger partial charge on any atom is 0.240 e. The van der Waals surface area contributed by atoms with Gasteiger partial charge in [0.25, 0.3) is 0 Å². The Balaban J connectivity index is 1.89. The molecule has 1 aliphatic heterocycles. The molecule has 1 aromatic rings. The summed E-state index contributed by atoms with van der Waals surface area (Å²) in [5.41, 5.74) is 1.99. The third-order valence-electron chi connectivity index (χ3n) is 4.43. The molecule has 0 spiro atoms. The fraction of sp³-hybridized carbons (Fsp3) is 0.588. The molecule has 5 nitrogen and oxygen atoms in total. The van der Waals surface area contributed by atoms with Gasteiger partial charge in [-0.3, -0.25) is 4.79 Å². The molecule has 0 aliphatic carbocycles. The second-order valence-electron chi connectivity index (χ2n) is 6.48. The fourth-order valence-electron chi connectivity index (χ4n) is 2.83. The zero-order valence-corrected chi connectivity index (χ0v) is 14.9. The van der Waals surface area contributed by atoms with Crippen LogP contribution in [0.4, 0.5) is 0 Å². The van der Waals surface area contributed by atoms with Crippen LogP contribution in [0.2, 0.25) is 0 Å². The first-order valence-electron chi connectivity index (χ1n) is 8.14. The van der Waals surface area contributed by atoms with Crippen LogP contribution in [0.25, 0.3) is 0 Å². The molecule has 1 aromatic carbocycles. The Kier molecular flexibility index (Phi) is 5.81. The van der Waals surface area contributed by atoms with E-state index in [9.17, 15) is 13.2 Å². The van der Waals surface area contributed by atoms with E-state index < -0.39 is 10.0 Å². The highest BCUT2D eigenvalue weighted by atomic mass is 32.2. The van der Waals surface area contributed by atoms with Crippen molar-refractivity contribution in [3.63, 3.8) is 0 Å². The maximum atomic E-state index is 12.3. The van der Waals surface area contributed by atoms with Gasteiger partial charge in [0.2, 0.25) is 15.9 Å². The third kappa shape index (κ3) is 4.78. The lowest BCUT2D eigenvalue weighted by Crippen LogP contribution is -2.40. The molecule has 1 aliphatic rings. The van der Waals surface area contributed by atoms with Crippen molar-refractivity contribution in [1.29, 1.82) is 0 Å². The molecule has 1 N–H and O–H groups in total. The SMILES string of the molecule is Cc1ccc(S(=O)(=O)NCCC(=O)N2CCCC(C)C2)cc1C. The van der Waals surface area contributed by atoms with E-state index in [1.807, 2.05) is 18.7 Å². The van der Waals surface area contributed by atoms with Crippen LogP contribution in [0, 0.1) is 19.8 Å². The minimum absolute atomic E-state index is 0.0272. The van der Waals surface area contributed by atoms with Gasteiger partial charge in [-0.2, -0.15) is 0 Å².